The van der Waals surface area contributed by atoms with Crippen molar-refractivity contribution in [1.29, 1.82) is 0 Å². The quantitative estimate of drug-likeness (QED) is 0.843. The Bertz CT molecular complexity index is 708. The van der Waals surface area contributed by atoms with E-state index in [2.05, 4.69) is 22.3 Å². The van der Waals surface area contributed by atoms with Gasteiger partial charge in [0.2, 0.25) is 0 Å². The zero-order valence-corrected chi connectivity index (χ0v) is 12.1. The van der Waals surface area contributed by atoms with Crippen LogP contribution in [0.3, 0.4) is 0 Å². The summed E-state index contributed by atoms with van der Waals surface area (Å²) in [7, 11) is 1.79. The summed E-state index contributed by atoms with van der Waals surface area (Å²) in [6.45, 7) is 1.95. The highest BCUT2D eigenvalue weighted by Gasteiger charge is 2.09. The van der Waals surface area contributed by atoms with Gasteiger partial charge in [-0.15, -0.1) is 0 Å². The summed E-state index contributed by atoms with van der Waals surface area (Å²) in [4.78, 5) is 12.2. The minimum atomic E-state index is -0.220. The number of carbonyl (C=O) groups excluding carboxylic acids is 1. The largest absolute Gasteiger partial charge is 0.395 e. The predicted molar refractivity (Wildman–Crippen MR) is 80.9 cm³/mol. The molecule has 0 saturated heterocycles. The highest BCUT2D eigenvalue weighted by molar-refractivity contribution is 6.04. The topological polar surface area (TPSA) is 67.2 Å². The maximum Gasteiger partial charge on any atom is 0.256 e. The number of anilines is 1. The minimum absolute atomic E-state index is 0.0336. The Balaban J connectivity index is 2.19. The molecule has 5 nitrogen and oxygen atoms in total. The van der Waals surface area contributed by atoms with E-state index >= 15 is 0 Å². The molecule has 1 aromatic carbocycles. The molecular weight excluding hydrogens is 266 g/mol. The van der Waals surface area contributed by atoms with Crippen molar-refractivity contribution < 1.29 is 9.90 Å². The molecule has 2 rings (SSSR count). The van der Waals surface area contributed by atoms with Crippen LogP contribution in [-0.2, 0) is 7.05 Å². The molecule has 1 aromatic heterocycles. The van der Waals surface area contributed by atoms with Crippen LogP contribution >= 0.6 is 0 Å². The smallest absolute Gasteiger partial charge is 0.256 e. The SMILES string of the molecule is Cc1cc(C#CCCO)cc(C(=O)Nc2ccn(C)n2)c1. The molecule has 2 N–H and O–H groups in total. The van der Waals surface area contributed by atoms with Gasteiger partial charge in [0.15, 0.2) is 5.82 Å². The monoisotopic (exact) mass is 283 g/mol. The van der Waals surface area contributed by atoms with E-state index in [-0.39, 0.29) is 12.5 Å². The number of benzene rings is 1. The highest BCUT2D eigenvalue weighted by Crippen LogP contribution is 2.11. The molecule has 2 aromatic rings. The molecule has 0 radical (unpaired) electrons. The van der Waals surface area contributed by atoms with Crippen LogP contribution in [0.1, 0.15) is 27.9 Å². The number of hydrogen-bond donors (Lipinski definition) is 2. The molecule has 0 unspecified atom stereocenters. The van der Waals surface area contributed by atoms with Gasteiger partial charge in [0.1, 0.15) is 0 Å². The van der Waals surface area contributed by atoms with Crippen LogP contribution in [-0.4, -0.2) is 27.4 Å². The molecule has 108 valence electrons. The van der Waals surface area contributed by atoms with Crippen LogP contribution < -0.4 is 5.32 Å². The Morgan fingerprint density at radius 3 is 2.90 bits per heavy atom. The molecule has 1 amide bonds. The van der Waals surface area contributed by atoms with E-state index in [0.717, 1.165) is 11.1 Å². The van der Waals surface area contributed by atoms with Crippen molar-refractivity contribution in [1.82, 2.24) is 9.78 Å². The van der Waals surface area contributed by atoms with Crippen molar-refractivity contribution in [2.24, 2.45) is 7.05 Å². The second-order valence-electron chi connectivity index (χ2n) is 4.69. The van der Waals surface area contributed by atoms with E-state index in [1.807, 2.05) is 13.0 Å². The third-order valence-electron chi connectivity index (χ3n) is 2.76. The summed E-state index contributed by atoms with van der Waals surface area (Å²) in [5.41, 5.74) is 2.25. The zero-order chi connectivity index (χ0) is 15.2. The van der Waals surface area contributed by atoms with E-state index in [0.29, 0.717) is 17.8 Å². The van der Waals surface area contributed by atoms with Gasteiger partial charge < -0.3 is 10.4 Å². The average Bonchev–Trinajstić information content (AvgIpc) is 2.84. The number of aliphatic hydroxyl groups excluding tert-OH is 1. The molecule has 0 aliphatic rings. The second kappa shape index (κ2) is 6.73. The number of nitrogens with zero attached hydrogens (tertiary/aromatic N) is 2. The lowest BCUT2D eigenvalue weighted by atomic mass is 10.1. The first-order chi connectivity index (χ1) is 10.1. The summed E-state index contributed by atoms with van der Waals surface area (Å²) in [5.74, 6) is 6.08. The molecule has 0 aliphatic carbocycles. The predicted octanol–water partition coefficient (Wildman–Crippen LogP) is 1.71. The van der Waals surface area contributed by atoms with Crippen LogP contribution in [0, 0.1) is 18.8 Å². The first-order valence-electron chi connectivity index (χ1n) is 6.61. The fraction of sp³-hybridized carbons (Fsp3) is 0.250. The highest BCUT2D eigenvalue weighted by atomic mass is 16.2. The van der Waals surface area contributed by atoms with Crippen LogP contribution in [0.15, 0.2) is 30.5 Å². The number of aromatic nitrogens is 2. The second-order valence-corrected chi connectivity index (χ2v) is 4.69. The molecule has 0 saturated carbocycles. The average molecular weight is 283 g/mol. The lowest BCUT2D eigenvalue weighted by Gasteiger charge is -2.04. The number of aliphatic hydroxyl groups is 1. The van der Waals surface area contributed by atoms with Crippen molar-refractivity contribution in [2.45, 2.75) is 13.3 Å². The first-order valence-corrected chi connectivity index (χ1v) is 6.61. The Morgan fingerprint density at radius 2 is 2.24 bits per heavy atom. The Labute approximate surface area is 123 Å². The Morgan fingerprint density at radius 1 is 1.43 bits per heavy atom. The fourth-order valence-electron chi connectivity index (χ4n) is 1.88. The van der Waals surface area contributed by atoms with Gasteiger partial charge >= 0.3 is 0 Å². The first kappa shape index (κ1) is 14.8. The van der Waals surface area contributed by atoms with Gasteiger partial charge in [-0.05, 0) is 30.7 Å². The summed E-state index contributed by atoms with van der Waals surface area (Å²) in [6, 6.07) is 7.17. The molecule has 0 spiro atoms. The van der Waals surface area contributed by atoms with E-state index in [4.69, 9.17) is 5.11 Å². The molecule has 0 aliphatic heterocycles. The van der Waals surface area contributed by atoms with Gasteiger partial charge in [-0.25, -0.2) is 0 Å². The van der Waals surface area contributed by atoms with Gasteiger partial charge in [-0.2, -0.15) is 5.10 Å². The van der Waals surface area contributed by atoms with Crippen LogP contribution in [0.5, 0.6) is 0 Å². The Kier molecular flexibility index (Phi) is 4.75. The van der Waals surface area contributed by atoms with Crippen LogP contribution in [0.25, 0.3) is 0 Å². The fourth-order valence-corrected chi connectivity index (χ4v) is 1.88. The van der Waals surface area contributed by atoms with Crippen molar-refractivity contribution in [2.75, 3.05) is 11.9 Å². The number of hydrogen-bond acceptors (Lipinski definition) is 3. The summed E-state index contributed by atoms with van der Waals surface area (Å²) in [5, 5.41) is 15.6. The standard InChI is InChI=1S/C16H17N3O2/c1-12-9-13(5-3-4-8-20)11-14(10-12)16(21)17-15-6-7-19(2)18-15/h6-7,9-11,20H,4,8H2,1-2H3,(H,17,18,21). The molecule has 1 heterocycles. The zero-order valence-electron chi connectivity index (χ0n) is 12.1. The summed E-state index contributed by atoms with van der Waals surface area (Å²) < 4.78 is 1.62. The van der Waals surface area contributed by atoms with Gasteiger partial charge in [-0.1, -0.05) is 11.8 Å². The number of carbonyl (C=O) groups is 1. The van der Waals surface area contributed by atoms with Gasteiger partial charge in [0.25, 0.3) is 5.91 Å². The third kappa shape index (κ3) is 4.20. The molecule has 0 atom stereocenters. The van der Waals surface area contributed by atoms with Crippen LogP contribution in [0.2, 0.25) is 0 Å². The molecule has 0 bridgehead atoms. The minimum Gasteiger partial charge on any atom is -0.395 e. The normalized spacial score (nSPS) is 9.86. The Hall–Kier alpha value is -2.58. The maximum atomic E-state index is 12.2. The van der Waals surface area contributed by atoms with E-state index in [9.17, 15) is 4.79 Å². The number of rotatable bonds is 3. The van der Waals surface area contributed by atoms with Crippen LogP contribution in [0.4, 0.5) is 5.82 Å². The molecule has 0 fully saturated rings. The molecule has 21 heavy (non-hydrogen) atoms. The van der Waals surface area contributed by atoms with E-state index in [1.54, 1.807) is 36.1 Å². The van der Waals surface area contributed by atoms with Crippen molar-refractivity contribution in [3.63, 3.8) is 0 Å². The van der Waals surface area contributed by atoms with E-state index < -0.39 is 0 Å². The number of nitrogens with one attached hydrogen (secondary N) is 1. The van der Waals surface area contributed by atoms with E-state index in [1.165, 1.54) is 0 Å². The number of amides is 1. The number of aryl methyl sites for hydroxylation is 2. The lowest BCUT2D eigenvalue weighted by molar-refractivity contribution is 0.102. The molecular formula is C16H17N3O2. The van der Waals surface area contributed by atoms with Gasteiger partial charge in [-0.3, -0.25) is 9.48 Å². The van der Waals surface area contributed by atoms with Gasteiger partial charge in [0.05, 0.1) is 6.61 Å². The maximum absolute atomic E-state index is 12.2. The van der Waals surface area contributed by atoms with Gasteiger partial charge in [0, 0.05) is 36.9 Å². The third-order valence-corrected chi connectivity index (χ3v) is 2.76. The van der Waals surface area contributed by atoms with Crippen molar-refractivity contribution >= 4 is 11.7 Å². The molecule has 5 heteroatoms. The summed E-state index contributed by atoms with van der Waals surface area (Å²) >= 11 is 0. The van der Waals surface area contributed by atoms with Crippen molar-refractivity contribution in [3.05, 3.63) is 47.2 Å². The lowest BCUT2D eigenvalue weighted by Crippen LogP contribution is -2.13. The summed E-state index contributed by atoms with van der Waals surface area (Å²) in [6.07, 6.45) is 2.18. The van der Waals surface area contributed by atoms with Crippen molar-refractivity contribution in [3.8, 4) is 11.8 Å².